The van der Waals surface area contributed by atoms with Gasteiger partial charge in [-0.2, -0.15) is 0 Å². The molecule has 0 aromatic heterocycles. The summed E-state index contributed by atoms with van der Waals surface area (Å²) in [6.07, 6.45) is 2.63. The van der Waals surface area contributed by atoms with E-state index in [1.54, 1.807) is 0 Å². The van der Waals surface area contributed by atoms with E-state index in [0.29, 0.717) is 6.10 Å². The molecule has 0 aliphatic rings. The van der Waals surface area contributed by atoms with Crippen LogP contribution < -0.4 is 5.32 Å². The molecule has 1 atom stereocenters. The topological polar surface area (TPSA) is 21.3 Å². The maximum atomic E-state index is 5.58. The molecule has 0 fully saturated rings. The Bertz CT molecular complexity index is 68.0. The molecule has 0 aromatic carbocycles. The predicted molar refractivity (Wildman–Crippen MR) is 48.9 cm³/mol. The molecule has 0 saturated carbocycles. The van der Waals surface area contributed by atoms with Gasteiger partial charge in [0.15, 0.2) is 0 Å². The zero-order valence-electron chi connectivity index (χ0n) is 8.02. The summed E-state index contributed by atoms with van der Waals surface area (Å²) >= 11 is 0. The summed E-state index contributed by atoms with van der Waals surface area (Å²) in [5, 5.41) is 3.28. The van der Waals surface area contributed by atoms with Gasteiger partial charge < -0.3 is 10.1 Å². The van der Waals surface area contributed by atoms with E-state index >= 15 is 0 Å². The molecule has 68 valence electrons. The third-order valence-corrected chi connectivity index (χ3v) is 1.64. The van der Waals surface area contributed by atoms with Crippen molar-refractivity contribution in [2.45, 2.75) is 39.7 Å². The van der Waals surface area contributed by atoms with E-state index in [1.807, 2.05) is 0 Å². The van der Waals surface area contributed by atoms with Crippen molar-refractivity contribution in [3.8, 4) is 0 Å². The second kappa shape index (κ2) is 8.02. The molecule has 1 N–H and O–H groups in total. The maximum Gasteiger partial charge on any atom is 0.0696 e. The van der Waals surface area contributed by atoms with Crippen molar-refractivity contribution in [2.24, 2.45) is 0 Å². The first kappa shape index (κ1) is 10.9. The number of hydrogen-bond donors (Lipinski definition) is 1. The first-order chi connectivity index (χ1) is 5.35. The standard InChI is InChI=1S/C9H21NO/c1-4-7-11-9(5-2)8-10-6-3/h9-10H,4-8H2,1-3H3. The first-order valence-corrected chi connectivity index (χ1v) is 4.67. The molecule has 1 unspecified atom stereocenters. The van der Waals surface area contributed by atoms with Gasteiger partial charge in [-0.25, -0.2) is 0 Å². The summed E-state index contributed by atoms with van der Waals surface area (Å²) in [5.41, 5.74) is 0. The minimum absolute atomic E-state index is 0.412. The smallest absolute Gasteiger partial charge is 0.0696 e. The number of rotatable bonds is 7. The van der Waals surface area contributed by atoms with E-state index < -0.39 is 0 Å². The lowest BCUT2D eigenvalue weighted by molar-refractivity contribution is 0.0516. The van der Waals surface area contributed by atoms with E-state index in [-0.39, 0.29) is 0 Å². The van der Waals surface area contributed by atoms with Gasteiger partial charge in [-0.15, -0.1) is 0 Å². The molecule has 0 rings (SSSR count). The second-order valence-corrected chi connectivity index (χ2v) is 2.71. The van der Waals surface area contributed by atoms with E-state index in [2.05, 4.69) is 26.1 Å². The van der Waals surface area contributed by atoms with Crippen molar-refractivity contribution >= 4 is 0 Å². The van der Waals surface area contributed by atoms with Crippen LogP contribution in [-0.2, 0) is 4.74 Å². The van der Waals surface area contributed by atoms with E-state index in [9.17, 15) is 0 Å². The Balaban J connectivity index is 3.25. The van der Waals surface area contributed by atoms with Crippen LogP contribution in [-0.4, -0.2) is 25.8 Å². The van der Waals surface area contributed by atoms with Crippen LogP contribution in [0.25, 0.3) is 0 Å². The van der Waals surface area contributed by atoms with Gasteiger partial charge in [0.1, 0.15) is 0 Å². The molecule has 0 radical (unpaired) electrons. The summed E-state index contributed by atoms with van der Waals surface area (Å²) in [6.45, 7) is 9.34. The third kappa shape index (κ3) is 6.32. The molecule has 0 amide bonds. The normalized spacial score (nSPS) is 13.4. The fourth-order valence-corrected chi connectivity index (χ4v) is 0.911. The highest BCUT2D eigenvalue weighted by atomic mass is 16.5. The van der Waals surface area contributed by atoms with E-state index in [4.69, 9.17) is 4.74 Å². The average molecular weight is 159 g/mol. The van der Waals surface area contributed by atoms with Gasteiger partial charge in [0.2, 0.25) is 0 Å². The van der Waals surface area contributed by atoms with Crippen LogP contribution in [0.1, 0.15) is 33.6 Å². The van der Waals surface area contributed by atoms with Gasteiger partial charge >= 0.3 is 0 Å². The largest absolute Gasteiger partial charge is 0.377 e. The molecule has 0 aliphatic carbocycles. The van der Waals surface area contributed by atoms with Crippen LogP contribution in [0.5, 0.6) is 0 Å². The molecule has 0 aliphatic heterocycles. The Morgan fingerprint density at radius 3 is 2.45 bits per heavy atom. The first-order valence-electron chi connectivity index (χ1n) is 4.67. The number of likely N-dealkylation sites (N-methyl/N-ethyl adjacent to an activating group) is 1. The SMILES string of the molecule is CCCOC(CC)CNCC. The molecule has 0 heterocycles. The van der Waals surface area contributed by atoms with Crippen LogP contribution in [0.2, 0.25) is 0 Å². The van der Waals surface area contributed by atoms with Crippen LogP contribution >= 0.6 is 0 Å². The van der Waals surface area contributed by atoms with Gasteiger partial charge in [-0.1, -0.05) is 20.8 Å². The summed E-state index contributed by atoms with van der Waals surface area (Å²) in [6, 6.07) is 0. The molecule has 2 heteroatoms. The average Bonchev–Trinajstić information content (AvgIpc) is 2.05. The molecule has 0 aromatic rings. The summed E-state index contributed by atoms with van der Waals surface area (Å²) in [5.74, 6) is 0. The zero-order chi connectivity index (χ0) is 8.53. The van der Waals surface area contributed by atoms with Crippen molar-refractivity contribution in [2.75, 3.05) is 19.7 Å². The summed E-state index contributed by atoms with van der Waals surface area (Å²) in [4.78, 5) is 0. The lowest BCUT2D eigenvalue weighted by Gasteiger charge is -2.15. The van der Waals surface area contributed by atoms with Crippen molar-refractivity contribution in [3.05, 3.63) is 0 Å². The zero-order valence-corrected chi connectivity index (χ0v) is 8.02. The maximum absolute atomic E-state index is 5.58. The van der Waals surface area contributed by atoms with Gasteiger partial charge in [0.25, 0.3) is 0 Å². The van der Waals surface area contributed by atoms with Gasteiger partial charge in [-0.3, -0.25) is 0 Å². The Morgan fingerprint density at radius 2 is 2.00 bits per heavy atom. The number of ether oxygens (including phenoxy) is 1. The van der Waals surface area contributed by atoms with Crippen molar-refractivity contribution in [1.82, 2.24) is 5.32 Å². The minimum Gasteiger partial charge on any atom is -0.377 e. The summed E-state index contributed by atoms with van der Waals surface area (Å²) in [7, 11) is 0. The van der Waals surface area contributed by atoms with Crippen molar-refractivity contribution < 1.29 is 4.74 Å². The lowest BCUT2D eigenvalue weighted by Crippen LogP contribution is -2.28. The Morgan fingerprint density at radius 1 is 1.27 bits per heavy atom. The molecule has 11 heavy (non-hydrogen) atoms. The predicted octanol–water partition coefficient (Wildman–Crippen LogP) is 1.80. The molecule has 0 bridgehead atoms. The third-order valence-electron chi connectivity index (χ3n) is 1.64. The highest BCUT2D eigenvalue weighted by Crippen LogP contribution is 1.96. The quantitative estimate of drug-likeness (QED) is 0.611. The molecule has 2 nitrogen and oxygen atoms in total. The fourth-order valence-electron chi connectivity index (χ4n) is 0.911. The lowest BCUT2D eigenvalue weighted by atomic mass is 10.3. The number of nitrogens with one attached hydrogen (secondary N) is 1. The molecule has 0 saturated heterocycles. The van der Waals surface area contributed by atoms with Crippen LogP contribution in [0.4, 0.5) is 0 Å². The van der Waals surface area contributed by atoms with Crippen molar-refractivity contribution in [3.63, 3.8) is 0 Å². The Hall–Kier alpha value is -0.0800. The Kier molecular flexibility index (Phi) is 7.96. The summed E-state index contributed by atoms with van der Waals surface area (Å²) < 4.78 is 5.58. The van der Waals surface area contributed by atoms with E-state index in [1.165, 1.54) is 0 Å². The highest BCUT2D eigenvalue weighted by Gasteiger charge is 2.03. The van der Waals surface area contributed by atoms with Gasteiger partial charge in [0.05, 0.1) is 6.10 Å². The van der Waals surface area contributed by atoms with E-state index in [0.717, 1.165) is 32.5 Å². The fraction of sp³-hybridized carbons (Fsp3) is 1.00. The van der Waals surface area contributed by atoms with Crippen LogP contribution in [0, 0.1) is 0 Å². The molecular formula is C9H21NO. The second-order valence-electron chi connectivity index (χ2n) is 2.71. The van der Waals surface area contributed by atoms with Crippen LogP contribution in [0.3, 0.4) is 0 Å². The number of hydrogen-bond acceptors (Lipinski definition) is 2. The molecule has 0 spiro atoms. The minimum atomic E-state index is 0.412. The van der Waals surface area contributed by atoms with Gasteiger partial charge in [0, 0.05) is 13.2 Å². The van der Waals surface area contributed by atoms with Gasteiger partial charge in [-0.05, 0) is 19.4 Å². The molecular weight excluding hydrogens is 138 g/mol. The van der Waals surface area contributed by atoms with Crippen LogP contribution in [0.15, 0.2) is 0 Å². The van der Waals surface area contributed by atoms with Crippen molar-refractivity contribution in [1.29, 1.82) is 0 Å². The highest BCUT2D eigenvalue weighted by molar-refractivity contribution is 4.57. The monoisotopic (exact) mass is 159 g/mol. The Labute approximate surface area is 70.3 Å².